The molecule has 5 amide bonds. The maximum Gasteiger partial charge on any atom is 0.327 e. The van der Waals surface area contributed by atoms with Crippen LogP contribution in [0, 0.1) is 12.3 Å². The molecule has 1 aliphatic rings. The SMILES string of the molecule is CCCNC(=O)NCc1ccc(O[C@@H]2N(C(=O)N[C@H](CCC)c3ccc(C)cc3)C(=O)C2(CC)CC)cc1. The van der Waals surface area contributed by atoms with Crippen LogP contribution in [-0.2, 0) is 11.3 Å². The van der Waals surface area contributed by atoms with Crippen molar-refractivity contribution in [3.63, 3.8) is 0 Å². The third-order valence-corrected chi connectivity index (χ3v) is 7.35. The van der Waals surface area contributed by atoms with Crippen molar-refractivity contribution < 1.29 is 19.1 Å². The van der Waals surface area contributed by atoms with Crippen molar-refractivity contribution in [1.82, 2.24) is 20.9 Å². The van der Waals surface area contributed by atoms with Gasteiger partial charge in [-0.3, -0.25) is 4.79 Å². The Kier molecular flexibility index (Phi) is 10.2. The Morgan fingerprint density at radius 1 is 0.947 bits per heavy atom. The molecule has 1 saturated heterocycles. The molecule has 206 valence electrons. The first-order valence-corrected chi connectivity index (χ1v) is 13.8. The summed E-state index contributed by atoms with van der Waals surface area (Å²) in [6.45, 7) is 11.0. The van der Waals surface area contributed by atoms with Gasteiger partial charge in [0.2, 0.25) is 5.91 Å². The van der Waals surface area contributed by atoms with E-state index in [0.29, 0.717) is 31.7 Å². The van der Waals surface area contributed by atoms with Crippen LogP contribution in [0.5, 0.6) is 5.75 Å². The number of benzene rings is 2. The number of ether oxygens (including phenoxy) is 1. The molecule has 0 spiro atoms. The van der Waals surface area contributed by atoms with Gasteiger partial charge in [0.1, 0.15) is 11.2 Å². The Morgan fingerprint density at radius 3 is 2.18 bits per heavy atom. The number of hydrogen-bond donors (Lipinski definition) is 3. The van der Waals surface area contributed by atoms with E-state index in [4.69, 9.17) is 4.74 Å². The van der Waals surface area contributed by atoms with Gasteiger partial charge in [-0.1, -0.05) is 76.1 Å². The number of carbonyl (C=O) groups is 3. The van der Waals surface area contributed by atoms with E-state index in [2.05, 4.69) is 22.9 Å². The topological polar surface area (TPSA) is 99.8 Å². The van der Waals surface area contributed by atoms with Crippen LogP contribution in [-0.4, -0.2) is 35.6 Å². The second-order valence-electron chi connectivity index (χ2n) is 9.96. The number of urea groups is 2. The largest absolute Gasteiger partial charge is 0.469 e. The average Bonchev–Trinajstić information content (AvgIpc) is 2.92. The summed E-state index contributed by atoms with van der Waals surface area (Å²) >= 11 is 0. The molecule has 0 radical (unpaired) electrons. The van der Waals surface area contributed by atoms with E-state index < -0.39 is 17.7 Å². The standard InChI is InChI=1S/C30H42N4O4/c1-6-10-25(23-15-11-21(5)12-16-23)33-29(37)34-26(35)30(8-3,9-4)27(34)38-24-17-13-22(14-18-24)20-32-28(36)31-19-7-2/h11-18,25,27H,6-10,19-20H2,1-5H3,(H,33,37)(H2,31,32,36)/t25-,27+/m1/s1. The van der Waals surface area contributed by atoms with E-state index in [1.165, 1.54) is 4.90 Å². The molecule has 3 rings (SSSR count). The molecule has 2 aromatic carbocycles. The summed E-state index contributed by atoms with van der Waals surface area (Å²) in [5, 5.41) is 8.68. The van der Waals surface area contributed by atoms with E-state index in [-0.39, 0.29) is 18.0 Å². The van der Waals surface area contributed by atoms with Crippen LogP contribution in [0.25, 0.3) is 0 Å². The maximum atomic E-state index is 13.4. The third kappa shape index (κ3) is 6.47. The molecule has 1 aliphatic heterocycles. The Morgan fingerprint density at radius 2 is 1.61 bits per heavy atom. The van der Waals surface area contributed by atoms with Gasteiger partial charge >= 0.3 is 12.1 Å². The number of aryl methyl sites for hydroxylation is 1. The van der Waals surface area contributed by atoms with Crippen molar-refractivity contribution in [2.45, 2.75) is 85.5 Å². The van der Waals surface area contributed by atoms with E-state index in [9.17, 15) is 14.4 Å². The highest BCUT2D eigenvalue weighted by molar-refractivity contribution is 6.03. The highest BCUT2D eigenvalue weighted by Gasteiger charge is 2.63. The van der Waals surface area contributed by atoms with E-state index in [0.717, 1.165) is 36.0 Å². The summed E-state index contributed by atoms with van der Waals surface area (Å²) in [6.07, 6.45) is 2.97. The smallest absolute Gasteiger partial charge is 0.327 e. The van der Waals surface area contributed by atoms with Gasteiger partial charge in [-0.2, -0.15) is 0 Å². The Hall–Kier alpha value is -3.55. The first kappa shape index (κ1) is 29.0. The fourth-order valence-corrected chi connectivity index (χ4v) is 4.83. The zero-order valence-corrected chi connectivity index (χ0v) is 23.3. The molecular formula is C30H42N4O4. The molecule has 2 atom stereocenters. The van der Waals surface area contributed by atoms with Gasteiger partial charge in [-0.25, -0.2) is 14.5 Å². The molecular weight excluding hydrogens is 480 g/mol. The third-order valence-electron chi connectivity index (χ3n) is 7.35. The molecule has 0 saturated carbocycles. The van der Waals surface area contributed by atoms with Gasteiger partial charge in [0.15, 0.2) is 6.23 Å². The van der Waals surface area contributed by atoms with Crippen molar-refractivity contribution in [2.24, 2.45) is 5.41 Å². The minimum atomic E-state index is -0.751. The predicted molar refractivity (Wildman–Crippen MR) is 149 cm³/mol. The number of β-lactam (4-membered cyclic amide) rings is 1. The van der Waals surface area contributed by atoms with Crippen molar-refractivity contribution in [1.29, 1.82) is 0 Å². The molecule has 1 heterocycles. The maximum absolute atomic E-state index is 13.4. The quantitative estimate of drug-likeness (QED) is 0.306. The van der Waals surface area contributed by atoms with Crippen molar-refractivity contribution in [3.05, 3.63) is 65.2 Å². The lowest BCUT2D eigenvalue weighted by atomic mass is 9.72. The molecule has 8 heteroatoms. The number of likely N-dealkylation sites (tertiary alicyclic amines) is 1. The first-order valence-electron chi connectivity index (χ1n) is 13.8. The number of amides is 5. The van der Waals surface area contributed by atoms with Crippen LogP contribution >= 0.6 is 0 Å². The second-order valence-corrected chi connectivity index (χ2v) is 9.96. The normalized spacial score (nSPS) is 16.8. The Balaban J connectivity index is 1.72. The van der Waals surface area contributed by atoms with Gasteiger partial charge < -0.3 is 20.7 Å². The predicted octanol–water partition coefficient (Wildman–Crippen LogP) is 5.81. The van der Waals surface area contributed by atoms with Gasteiger partial charge in [-0.15, -0.1) is 0 Å². The lowest BCUT2D eigenvalue weighted by Crippen LogP contribution is -2.73. The zero-order valence-electron chi connectivity index (χ0n) is 23.3. The molecule has 1 fully saturated rings. The minimum absolute atomic E-state index is 0.193. The number of rotatable bonds is 12. The number of carbonyl (C=O) groups excluding carboxylic acids is 3. The lowest BCUT2D eigenvalue weighted by molar-refractivity contribution is -0.191. The van der Waals surface area contributed by atoms with Crippen molar-refractivity contribution >= 4 is 18.0 Å². The molecule has 0 aromatic heterocycles. The van der Waals surface area contributed by atoms with E-state index >= 15 is 0 Å². The fourth-order valence-electron chi connectivity index (χ4n) is 4.83. The van der Waals surface area contributed by atoms with Crippen LogP contribution in [0.3, 0.4) is 0 Å². The van der Waals surface area contributed by atoms with E-state index in [1.807, 2.05) is 76.2 Å². The Bertz CT molecular complexity index is 1080. The molecule has 0 bridgehead atoms. The minimum Gasteiger partial charge on any atom is -0.469 e. The zero-order chi connectivity index (χ0) is 27.7. The van der Waals surface area contributed by atoms with Crippen molar-refractivity contribution in [2.75, 3.05) is 6.54 Å². The summed E-state index contributed by atoms with van der Waals surface area (Å²) < 4.78 is 6.29. The summed E-state index contributed by atoms with van der Waals surface area (Å²) in [5.41, 5.74) is 2.33. The molecule has 2 aromatic rings. The van der Waals surface area contributed by atoms with Gasteiger partial charge in [-0.05, 0) is 55.9 Å². The van der Waals surface area contributed by atoms with Gasteiger partial charge in [0.25, 0.3) is 0 Å². The summed E-state index contributed by atoms with van der Waals surface area (Å²) in [5.74, 6) is 0.359. The first-order chi connectivity index (χ1) is 18.3. The summed E-state index contributed by atoms with van der Waals surface area (Å²) in [6, 6.07) is 14.6. The van der Waals surface area contributed by atoms with Gasteiger partial charge in [0.05, 0.1) is 6.04 Å². The van der Waals surface area contributed by atoms with Crippen LogP contribution in [0.4, 0.5) is 9.59 Å². The number of nitrogens with zero attached hydrogens (tertiary/aromatic N) is 1. The molecule has 0 aliphatic carbocycles. The van der Waals surface area contributed by atoms with Crippen LogP contribution in [0.15, 0.2) is 48.5 Å². The number of nitrogens with one attached hydrogen (secondary N) is 3. The van der Waals surface area contributed by atoms with Gasteiger partial charge in [0, 0.05) is 13.1 Å². The average molecular weight is 523 g/mol. The number of imide groups is 1. The summed E-state index contributed by atoms with van der Waals surface area (Å²) in [4.78, 5) is 39.8. The lowest BCUT2D eigenvalue weighted by Gasteiger charge is -2.53. The molecule has 3 N–H and O–H groups in total. The van der Waals surface area contributed by atoms with Crippen molar-refractivity contribution in [3.8, 4) is 5.75 Å². The van der Waals surface area contributed by atoms with Crippen LogP contribution in [0.1, 0.15) is 82.5 Å². The Labute approximate surface area is 226 Å². The number of hydrogen-bond acceptors (Lipinski definition) is 4. The second kappa shape index (κ2) is 13.3. The van der Waals surface area contributed by atoms with E-state index in [1.54, 1.807) is 0 Å². The van der Waals surface area contributed by atoms with Crippen LogP contribution in [0.2, 0.25) is 0 Å². The van der Waals surface area contributed by atoms with Crippen LogP contribution < -0.4 is 20.7 Å². The highest BCUT2D eigenvalue weighted by atomic mass is 16.5. The molecule has 38 heavy (non-hydrogen) atoms. The highest BCUT2D eigenvalue weighted by Crippen LogP contribution is 2.46. The summed E-state index contributed by atoms with van der Waals surface area (Å²) in [7, 11) is 0. The molecule has 0 unspecified atom stereocenters. The fraction of sp³-hybridized carbons (Fsp3) is 0.500. The monoisotopic (exact) mass is 522 g/mol. The molecule has 8 nitrogen and oxygen atoms in total.